The Balaban J connectivity index is 1.01. The Labute approximate surface area is 285 Å². The van der Waals surface area contributed by atoms with Crippen molar-refractivity contribution < 1.29 is 19.1 Å². The van der Waals surface area contributed by atoms with E-state index in [2.05, 4.69) is 76.5 Å². The molecule has 0 bridgehead atoms. The number of carbonyl (C=O) groups excluding carboxylic acids is 3. The molecule has 12 heteroatoms. The van der Waals surface area contributed by atoms with Gasteiger partial charge in [0.25, 0.3) is 5.91 Å². The van der Waals surface area contributed by atoms with E-state index in [1.165, 1.54) is 0 Å². The number of aromatic nitrogens is 2. The minimum Gasteiger partial charge on any atom is -0.489 e. The van der Waals surface area contributed by atoms with Crippen molar-refractivity contribution in [3.8, 4) is 11.8 Å². The van der Waals surface area contributed by atoms with Crippen molar-refractivity contribution in [2.24, 2.45) is 10.8 Å². The van der Waals surface area contributed by atoms with E-state index in [0.29, 0.717) is 29.2 Å². The summed E-state index contributed by atoms with van der Waals surface area (Å²) in [5, 5.41) is 23.8. The number of amides is 3. The number of anilines is 1. The second-order valence-electron chi connectivity index (χ2n) is 14.1. The van der Waals surface area contributed by atoms with Gasteiger partial charge in [0, 0.05) is 62.1 Å². The first kappa shape index (κ1) is 33.4. The van der Waals surface area contributed by atoms with E-state index >= 15 is 0 Å². The standard InChI is InChI=1S/C36H40ClN7O4/c1-35(2)33(36(3,4)34(35)48-25-9-8-24(20-38)27(37)19-25)40-32(47)28-11-12-29(42-41-28)44-16-14-43(15-17-44)21-22-6-5-7-23(18-22)26-10-13-30(45)39-31(26)46/h5-9,11-12,18-19,26,33-34H,10,13-17,21H2,1-4H3,(H,40,47)(H,39,45,46). The molecule has 0 spiro atoms. The third-order valence-corrected chi connectivity index (χ3v) is 10.3. The van der Waals surface area contributed by atoms with E-state index in [1.54, 1.807) is 24.3 Å². The van der Waals surface area contributed by atoms with E-state index in [-0.39, 0.29) is 41.5 Å². The third-order valence-electron chi connectivity index (χ3n) is 10.0. The van der Waals surface area contributed by atoms with Crippen LogP contribution in [0.4, 0.5) is 5.82 Å². The van der Waals surface area contributed by atoms with Gasteiger partial charge in [0.15, 0.2) is 11.5 Å². The number of nitriles is 1. The van der Waals surface area contributed by atoms with E-state index in [9.17, 15) is 14.4 Å². The van der Waals surface area contributed by atoms with Crippen LogP contribution in [0.25, 0.3) is 0 Å². The molecule has 1 atom stereocenters. The maximum Gasteiger partial charge on any atom is 0.272 e. The van der Waals surface area contributed by atoms with Crippen LogP contribution in [0.15, 0.2) is 54.6 Å². The number of piperidine rings is 1. The SMILES string of the molecule is CC1(C)C(NC(=O)c2ccc(N3CCN(Cc4cccc(C5CCC(=O)NC5=O)c4)CC3)nn2)C(C)(C)C1Oc1ccc(C#N)c(Cl)c1. The van der Waals surface area contributed by atoms with Crippen LogP contribution < -0.4 is 20.3 Å². The molecular weight excluding hydrogens is 630 g/mol. The van der Waals surface area contributed by atoms with Gasteiger partial charge >= 0.3 is 0 Å². The quantitative estimate of drug-likeness (QED) is 0.333. The number of nitrogens with one attached hydrogen (secondary N) is 2. The Bertz CT molecular complexity index is 1750. The Kier molecular flexibility index (Phi) is 9.16. The molecule has 6 rings (SSSR count). The van der Waals surface area contributed by atoms with Crippen molar-refractivity contribution in [1.29, 1.82) is 5.26 Å². The predicted octanol–water partition coefficient (Wildman–Crippen LogP) is 4.46. The number of rotatable bonds is 8. The fourth-order valence-corrected chi connectivity index (χ4v) is 7.94. The summed E-state index contributed by atoms with van der Waals surface area (Å²) in [7, 11) is 0. The average Bonchev–Trinajstić information content (AvgIpc) is 3.06. The minimum absolute atomic E-state index is 0.185. The van der Waals surface area contributed by atoms with E-state index in [0.717, 1.165) is 49.7 Å². The van der Waals surface area contributed by atoms with Crippen molar-refractivity contribution in [2.45, 2.75) is 65.1 Å². The number of ether oxygens (including phenoxy) is 1. The second-order valence-corrected chi connectivity index (χ2v) is 14.5. The fourth-order valence-electron chi connectivity index (χ4n) is 7.73. The van der Waals surface area contributed by atoms with E-state index < -0.39 is 10.8 Å². The monoisotopic (exact) mass is 669 g/mol. The van der Waals surface area contributed by atoms with Gasteiger partial charge in [-0.3, -0.25) is 24.6 Å². The molecule has 1 aliphatic carbocycles. The number of nitrogens with zero attached hydrogens (tertiary/aromatic N) is 5. The zero-order chi connectivity index (χ0) is 34.2. The van der Waals surface area contributed by atoms with Gasteiger partial charge < -0.3 is 15.0 Å². The highest BCUT2D eigenvalue weighted by Gasteiger charge is 2.64. The lowest BCUT2D eigenvalue weighted by Crippen LogP contribution is -2.74. The van der Waals surface area contributed by atoms with Gasteiger partial charge in [0.1, 0.15) is 17.9 Å². The molecule has 3 heterocycles. The molecule has 2 aromatic carbocycles. The van der Waals surface area contributed by atoms with Gasteiger partial charge in [0.05, 0.1) is 16.5 Å². The molecule has 2 N–H and O–H groups in total. The van der Waals surface area contributed by atoms with Crippen LogP contribution in [0.3, 0.4) is 0 Å². The van der Waals surface area contributed by atoms with Crippen LogP contribution in [-0.2, 0) is 16.1 Å². The van der Waals surface area contributed by atoms with Crippen molar-refractivity contribution in [1.82, 2.24) is 25.7 Å². The number of imide groups is 1. The normalized spacial score (nSPS) is 23.4. The van der Waals surface area contributed by atoms with Crippen molar-refractivity contribution >= 4 is 35.1 Å². The molecule has 3 aliphatic rings. The summed E-state index contributed by atoms with van der Waals surface area (Å²) in [4.78, 5) is 41.7. The van der Waals surface area contributed by atoms with E-state index in [4.69, 9.17) is 21.6 Å². The number of hydrogen-bond donors (Lipinski definition) is 2. The Hall–Kier alpha value is -4.53. The highest BCUT2D eigenvalue weighted by molar-refractivity contribution is 6.31. The van der Waals surface area contributed by atoms with Gasteiger partial charge in [0.2, 0.25) is 11.8 Å². The maximum absolute atomic E-state index is 13.3. The number of piperazine rings is 1. The number of hydrogen-bond acceptors (Lipinski definition) is 9. The first-order valence-electron chi connectivity index (χ1n) is 16.3. The molecule has 1 aromatic heterocycles. The number of halogens is 1. The lowest BCUT2D eigenvalue weighted by Gasteiger charge is -2.63. The van der Waals surface area contributed by atoms with Crippen LogP contribution in [0.2, 0.25) is 5.02 Å². The minimum atomic E-state index is -0.390. The molecule has 1 saturated carbocycles. The smallest absolute Gasteiger partial charge is 0.272 e. The van der Waals surface area contributed by atoms with Crippen molar-refractivity contribution in [3.63, 3.8) is 0 Å². The summed E-state index contributed by atoms with van der Waals surface area (Å²) in [6, 6.07) is 18.6. The largest absolute Gasteiger partial charge is 0.489 e. The molecule has 2 saturated heterocycles. The Morgan fingerprint density at radius 3 is 2.44 bits per heavy atom. The predicted molar refractivity (Wildman–Crippen MR) is 180 cm³/mol. The summed E-state index contributed by atoms with van der Waals surface area (Å²) >= 11 is 6.22. The van der Waals surface area contributed by atoms with Crippen molar-refractivity contribution in [2.75, 3.05) is 31.1 Å². The summed E-state index contributed by atoms with van der Waals surface area (Å²) < 4.78 is 6.33. The summed E-state index contributed by atoms with van der Waals surface area (Å²) in [6.07, 6.45) is 0.695. The fraction of sp³-hybridized carbons (Fsp3) is 0.444. The molecular formula is C36H40ClN7O4. The molecule has 2 aliphatic heterocycles. The third kappa shape index (κ3) is 6.60. The molecule has 3 amide bonds. The molecule has 48 heavy (non-hydrogen) atoms. The summed E-state index contributed by atoms with van der Waals surface area (Å²) in [6.45, 7) is 12.2. The summed E-state index contributed by atoms with van der Waals surface area (Å²) in [5.41, 5.74) is 1.94. The molecule has 250 valence electrons. The van der Waals surface area contributed by atoms with Crippen LogP contribution in [-0.4, -0.2) is 71.1 Å². The van der Waals surface area contributed by atoms with Gasteiger partial charge in [-0.25, -0.2) is 0 Å². The Morgan fingerprint density at radius 2 is 1.79 bits per heavy atom. The topological polar surface area (TPSA) is 141 Å². The summed E-state index contributed by atoms with van der Waals surface area (Å²) in [5.74, 6) is 0.303. The average molecular weight is 670 g/mol. The van der Waals surface area contributed by atoms with Crippen LogP contribution >= 0.6 is 11.6 Å². The lowest BCUT2D eigenvalue weighted by atomic mass is 9.49. The Morgan fingerprint density at radius 1 is 1.04 bits per heavy atom. The molecule has 1 unspecified atom stereocenters. The first-order valence-corrected chi connectivity index (χ1v) is 16.7. The molecule has 11 nitrogen and oxygen atoms in total. The highest BCUT2D eigenvalue weighted by atomic mass is 35.5. The zero-order valence-corrected chi connectivity index (χ0v) is 28.4. The van der Waals surface area contributed by atoms with Crippen LogP contribution in [0.1, 0.15) is 73.6 Å². The van der Waals surface area contributed by atoms with Crippen LogP contribution in [0.5, 0.6) is 5.75 Å². The van der Waals surface area contributed by atoms with E-state index in [1.807, 2.05) is 18.2 Å². The van der Waals surface area contributed by atoms with Gasteiger partial charge in [-0.15, -0.1) is 10.2 Å². The van der Waals surface area contributed by atoms with Crippen molar-refractivity contribution in [3.05, 3.63) is 82.0 Å². The molecule has 3 aromatic rings. The lowest BCUT2D eigenvalue weighted by molar-refractivity contribution is -0.164. The second kappa shape index (κ2) is 13.2. The van der Waals surface area contributed by atoms with Gasteiger partial charge in [-0.2, -0.15) is 5.26 Å². The maximum atomic E-state index is 13.3. The molecule has 0 radical (unpaired) electrons. The van der Waals surface area contributed by atoms with Gasteiger partial charge in [-0.1, -0.05) is 63.6 Å². The number of carbonyl (C=O) groups is 3. The van der Waals surface area contributed by atoms with Gasteiger partial charge in [-0.05, 0) is 41.8 Å². The molecule has 3 fully saturated rings. The number of benzene rings is 2. The first-order chi connectivity index (χ1) is 22.9. The van der Waals surface area contributed by atoms with Crippen LogP contribution in [0, 0.1) is 22.2 Å². The highest BCUT2D eigenvalue weighted by Crippen LogP contribution is 2.55. The zero-order valence-electron chi connectivity index (χ0n) is 27.6.